The highest BCUT2D eigenvalue weighted by Gasteiger charge is 2.26. The second-order valence-electron chi connectivity index (χ2n) is 4.84. The van der Waals surface area contributed by atoms with Crippen molar-refractivity contribution in [3.63, 3.8) is 0 Å². The van der Waals surface area contributed by atoms with Gasteiger partial charge < -0.3 is 19.5 Å². The van der Waals surface area contributed by atoms with Crippen LogP contribution in [0.4, 0.5) is 20.2 Å². The van der Waals surface area contributed by atoms with E-state index in [9.17, 15) is 23.7 Å². The number of amides is 1. The lowest BCUT2D eigenvalue weighted by Gasteiger charge is -2.12. The number of carbonyl (C=O) groups is 1. The third-order valence-corrected chi connectivity index (χ3v) is 3.29. The zero-order valence-corrected chi connectivity index (χ0v) is 13.7. The van der Waals surface area contributed by atoms with Gasteiger partial charge in [-0.3, -0.25) is 14.9 Å². The molecule has 0 spiro atoms. The Morgan fingerprint density at radius 2 is 1.77 bits per heavy atom. The third-order valence-electron chi connectivity index (χ3n) is 3.29. The average molecular weight is 368 g/mol. The number of anilines is 1. The van der Waals surface area contributed by atoms with Crippen LogP contribution >= 0.6 is 0 Å². The first kappa shape index (κ1) is 18.9. The Balaban J connectivity index is 2.38. The maximum atomic E-state index is 12.4. The van der Waals surface area contributed by atoms with Gasteiger partial charge in [0.15, 0.2) is 11.5 Å². The Hall–Kier alpha value is -3.43. The van der Waals surface area contributed by atoms with Crippen molar-refractivity contribution in [1.29, 1.82) is 0 Å². The molecule has 8 nitrogen and oxygen atoms in total. The van der Waals surface area contributed by atoms with Crippen molar-refractivity contribution < 1.29 is 32.7 Å². The summed E-state index contributed by atoms with van der Waals surface area (Å²) >= 11 is 0. The Morgan fingerprint density at radius 1 is 1.12 bits per heavy atom. The number of rotatable bonds is 7. The van der Waals surface area contributed by atoms with Gasteiger partial charge in [0.2, 0.25) is 0 Å². The zero-order chi connectivity index (χ0) is 19.3. The van der Waals surface area contributed by atoms with Crippen molar-refractivity contribution in [1.82, 2.24) is 0 Å². The van der Waals surface area contributed by atoms with Gasteiger partial charge in [0.05, 0.1) is 25.2 Å². The molecule has 0 aromatic heterocycles. The number of nitrogens with zero attached hydrogens (tertiary/aromatic N) is 1. The number of methoxy groups -OCH3 is 2. The molecule has 0 unspecified atom stereocenters. The van der Waals surface area contributed by atoms with Crippen LogP contribution in [0.5, 0.6) is 17.2 Å². The summed E-state index contributed by atoms with van der Waals surface area (Å²) in [6, 6.07) is 7.93. The molecule has 2 aromatic carbocycles. The molecule has 0 aliphatic carbocycles. The van der Waals surface area contributed by atoms with Crippen LogP contribution in [0.15, 0.2) is 36.4 Å². The first-order valence-corrected chi connectivity index (χ1v) is 7.12. The van der Waals surface area contributed by atoms with E-state index in [0.29, 0.717) is 17.5 Å². The molecule has 0 saturated heterocycles. The van der Waals surface area contributed by atoms with Gasteiger partial charge in [0.25, 0.3) is 11.6 Å². The molecule has 0 aliphatic heterocycles. The quantitative estimate of drug-likeness (QED) is 0.593. The topological polar surface area (TPSA) is 99.9 Å². The summed E-state index contributed by atoms with van der Waals surface area (Å²) < 4.78 is 38.9. The van der Waals surface area contributed by atoms with Gasteiger partial charge in [-0.05, 0) is 24.3 Å². The fourth-order valence-corrected chi connectivity index (χ4v) is 2.10. The van der Waals surface area contributed by atoms with Crippen LogP contribution in [0.3, 0.4) is 0 Å². The van der Waals surface area contributed by atoms with E-state index >= 15 is 0 Å². The molecule has 0 atom stereocenters. The minimum absolute atomic E-state index is 0.240. The number of alkyl halides is 2. The highest BCUT2D eigenvalue weighted by Crippen LogP contribution is 2.36. The van der Waals surface area contributed by atoms with E-state index in [1.807, 2.05) is 0 Å². The summed E-state index contributed by atoms with van der Waals surface area (Å²) in [5, 5.41) is 13.7. The molecule has 2 rings (SSSR count). The number of benzene rings is 2. The molecule has 0 radical (unpaired) electrons. The van der Waals surface area contributed by atoms with E-state index in [-0.39, 0.29) is 11.3 Å². The van der Waals surface area contributed by atoms with Crippen LogP contribution in [0, 0.1) is 10.1 Å². The molecule has 0 fully saturated rings. The van der Waals surface area contributed by atoms with Gasteiger partial charge in [-0.15, -0.1) is 0 Å². The predicted octanol–water partition coefficient (Wildman–Crippen LogP) is 3.47. The van der Waals surface area contributed by atoms with Crippen LogP contribution in [0.1, 0.15) is 10.4 Å². The molecule has 0 saturated carbocycles. The van der Waals surface area contributed by atoms with Crippen molar-refractivity contribution in [3.8, 4) is 17.2 Å². The van der Waals surface area contributed by atoms with E-state index in [0.717, 1.165) is 13.2 Å². The molecule has 0 heterocycles. The van der Waals surface area contributed by atoms with E-state index in [1.165, 1.54) is 19.2 Å². The summed E-state index contributed by atoms with van der Waals surface area (Å²) in [5.41, 5.74) is -0.714. The Bertz CT molecular complexity index is 811. The van der Waals surface area contributed by atoms with Crippen LogP contribution in [0.2, 0.25) is 0 Å². The fourth-order valence-electron chi connectivity index (χ4n) is 2.10. The van der Waals surface area contributed by atoms with Crippen LogP contribution in [-0.2, 0) is 0 Å². The summed E-state index contributed by atoms with van der Waals surface area (Å²) in [5.74, 6) is -1.04. The summed E-state index contributed by atoms with van der Waals surface area (Å²) in [6.07, 6.45) is 0. The summed E-state index contributed by atoms with van der Waals surface area (Å²) in [4.78, 5) is 22.8. The Morgan fingerprint density at radius 3 is 2.27 bits per heavy atom. The minimum Gasteiger partial charge on any atom is -0.497 e. The smallest absolute Gasteiger partial charge is 0.387 e. The van der Waals surface area contributed by atoms with Gasteiger partial charge >= 0.3 is 6.61 Å². The monoisotopic (exact) mass is 368 g/mol. The van der Waals surface area contributed by atoms with E-state index < -0.39 is 28.9 Å². The van der Waals surface area contributed by atoms with Gasteiger partial charge in [0, 0.05) is 11.8 Å². The third kappa shape index (κ3) is 4.35. The molecule has 1 N–H and O–H groups in total. The average Bonchev–Trinajstić information content (AvgIpc) is 2.61. The zero-order valence-electron chi connectivity index (χ0n) is 13.7. The van der Waals surface area contributed by atoms with Crippen LogP contribution in [0.25, 0.3) is 0 Å². The van der Waals surface area contributed by atoms with Crippen molar-refractivity contribution >= 4 is 17.3 Å². The maximum absolute atomic E-state index is 12.4. The van der Waals surface area contributed by atoms with Crippen molar-refractivity contribution in [2.24, 2.45) is 0 Å². The standard InChI is InChI=1S/C16H14F2N2O6/c1-24-10-5-3-9(4-6-10)19-15(21)11-7-13(25-2)14(26-16(17)18)8-12(11)20(22)23/h3-8,16H,1-2H3,(H,19,21). The SMILES string of the molecule is COc1ccc(NC(=O)c2cc(OC)c(OC(F)F)cc2[N+](=O)[O-])cc1. The molecule has 2 aromatic rings. The second-order valence-corrected chi connectivity index (χ2v) is 4.84. The molecule has 1 amide bonds. The maximum Gasteiger partial charge on any atom is 0.387 e. The van der Waals surface area contributed by atoms with E-state index in [2.05, 4.69) is 10.1 Å². The minimum atomic E-state index is -3.21. The lowest BCUT2D eigenvalue weighted by atomic mass is 10.1. The van der Waals surface area contributed by atoms with Crippen LogP contribution < -0.4 is 19.5 Å². The number of hydrogen-bond acceptors (Lipinski definition) is 6. The first-order valence-electron chi connectivity index (χ1n) is 7.12. The second kappa shape index (κ2) is 8.10. The van der Waals surface area contributed by atoms with E-state index in [1.54, 1.807) is 12.1 Å². The molecular formula is C16H14F2N2O6. The summed E-state index contributed by atoms with van der Waals surface area (Å²) in [7, 11) is 2.64. The highest BCUT2D eigenvalue weighted by atomic mass is 19.3. The molecule has 0 bridgehead atoms. The number of nitro benzene ring substituents is 1. The van der Waals surface area contributed by atoms with Gasteiger partial charge in [0.1, 0.15) is 11.3 Å². The number of nitro groups is 1. The Kier molecular flexibility index (Phi) is 5.89. The molecular weight excluding hydrogens is 354 g/mol. The number of carbonyl (C=O) groups excluding carboxylic acids is 1. The lowest BCUT2D eigenvalue weighted by Crippen LogP contribution is -2.15. The number of halogens is 2. The van der Waals surface area contributed by atoms with Gasteiger partial charge in [-0.25, -0.2) is 0 Å². The lowest BCUT2D eigenvalue weighted by molar-refractivity contribution is -0.385. The number of ether oxygens (including phenoxy) is 3. The molecule has 138 valence electrons. The number of hydrogen-bond donors (Lipinski definition) is 1. The highest BCUT2D eigenvalue weighted by molar-refractivity contribution is 6.07. The van der Waals surface area contributed by atoms with Crippen LogP contribution in [-0.4, -0.2) is 31.7 Å². The molecule has 10 heteroatoms. The first-order chi connectivity index (χ1) is 12.3. The summed E-state index contributed by atoms with van der Waals surface area (Å²) in [6.45, 7) is -3.21. The predicted molar refractivity (Wildman–Crippen MR) is 87.2 cm³/mol. The fraction of sp³-hybridized carbons (Fsp3) is 0.188. The normalized spacial score (nSPS) is 10.3. The van der Waals surface area contributed by atoms with Crippen molar-refractivity contribution in [2.45, 2.75) is 6.61 Å². The van der Waals surface area contributed by atoms with Gasteiger partial charge in [-0.2, -0.15) is 8.78 Å². The molecule has 0 aliphatic rings. The number of nitrogens with one attached hydrogen (secondary N) is 1. The molecule has 26 heavy (non-hydrogen) atoms. The van der Waals surface area contributed by atoms with Gasteiger partial charge in [-0.1, -0.05) is 0 Å². The Labute approximate surface area is 146 Å². The largest absolute Gasteiger partial charge is 0.497 e. The van der Waals surface area contributed by atoms with E-state index in [4.69, 9.17) is 9.47 Å². The van der Waals surface area contributed by atoms with Crippen molar-refractivity contribution in [3.05, 3.63) is 52.1 Å². The van der Waals surface area contributed by atoms with Crippen molar-refractivity contribution in [2.75, 3.05) is 19.5 Å².